The third-order valence-electron chi connectivity index (χ3n) is 6.99. The maximum absolute atomic E-state index is 13.0. The van der Waals surface area contributed by atoms with E-state index in [1.54, 1.807) is 0 Å². The van der Waals surface area contributed by atoms with E-state index in [0.29, 0.717) is 23.5 Å². The van der Waals surface area contributed by atoms with Crippen LogP contribution in [0.25, 0.3) is 10.2 Å². The van der Waals surface area contributed by atoms with Crippen LogP contribution in [0.1, 0.15) is 46.3 Å². The number of nitrogens with one attached hydrogen (secondary N) is 3. The number of hydrogen-bond acceptors (Lipinski definition) is 6. The smallest absolute Gasteiger partial charge is 0.263 e. The van der Waals surface area contributed by atoms with Gasteiger partial charge in [-0.3, -0.25) is 4.79 Å². The van der Waals surface area contributed by atoms with Crippen LogP contribution in [-0.4, -0.2) is 49.7 Å². The predicted octanol–water partition coefficient (Wildman–Crippen LogP) is 4.12. The molecule has 174 valence electrons. The Labute approximate surface area is 199 Å². The van der Waals surface area contributed by atoms with Gasteiger partial charge in [0.2, 0.25) is 0 Å². The van der Waals surface area contributed by atoms with Gasteiger partial charge in [0.25, 0.3) is 5.91 Å². The lowest BCUT2D eigenvalue weighted by atomic mass is 10.1. The molecular weight excluding hydrogens is 430 g/mol. The summed E-state index contributed by atoms with van der Waals surface area (Å²) in [6.45, 7) is 7.01. The number of hydrogen-bond donors (Lipinski definition) is 3. The highest BCUT2D eigenvalue weighted by atomic mass is 32.1. The van der Waals surface area contributed by atoms with Crippen molar-refractivity contribution in [3.63, 3.8) is 0 Å². The van der Waals surface area contributed by atoms with Gasteiger partial charge in [-0.2, -0.15) is 0 Å². The number of carbonyl (C=O) groups excluding carboxylic acids is 1. The number of benzene rings is 1. The summed E-state index contributed by atoms with van der Waals surface area (Å²) in [5.74, 6) is -0.0361. The van der Waals surface area contributed by atoms with E-state index in [4.69, 9.17) is 4.98 Å². The van der Waals surface area contributed by atoms with Crippen molar-refractivity contribution in [2.75, 3.05) is 36.9 Å². The lowest BCUT2D eigenvalue weighted by Crippen LogP contribution is -2.51. The average Bonchev–Trinajstić information content (AvgIpc) is 3.36. The molecule has 2 bridgehead atoms. The summed E-state index contributed by atoms with van der Waals surface area (Å²) >= 11 is 1.47. The van der Waals surface area contributed by atoms with Crippen molar-refractivity contribution in [3.05, 3.63) is 52.0 Å². The Morgan fingerprint density at radius 2 is 1.94 bits per heavy atom. The molecule has 1 aromatic carbocycles. The van der Waals surface area contributed by atoms with E-state index >= 15 is 0 Å². The van der Waals surface area contributed by atoms with Crippen molar-refractivity contribution < 1.29 is 4.79 Å². The molecule has 3 N–H and O–H groups in total. The zero-order chi connectivity index (χ0) is 22.9. The topological polar surface area (TPSA) is 69.3 Å². The molecule has 0 spiro atoms. The fourth-order valence-corrected chi connectivity index (χ4v) is 6.31. The van der Waals surface area contributed by atoms with Gasteiger partial charge in [-0.25, -0.2) is 4.98 Å². The normalized spacial score (nSPS) is 19.8. The number of pyridine rings is 1. The number of rotatable bonds is 7. The fourth-order valence-electron chi connectivity index (χ4n) is 5.21. The second kappa shape index (κ2) is 9.31. The van der Waals surface area contributed by atoms with Crippen LogP contribution in [0, 0.1) is 6.92 Å². The maximum atomic E-state index is 13.0. The quantitative estimate of drug-likeness (QED) is 0.492. The van der Waals surface area contributed by atoms with Crippen LogP contribution in [0.2, 0.25) is 0 Å². The molecule has 5 rings (SSSR count). The molecule has 0 aliphatic carbocycles. The van der Waals surface area contributed by atoms with Crippen LogP contribution in [0.15, 0.2) is 30.3 Å². The van der Waals surface area contributed by atoms with Crippen molar-refractivity contribution >= 4 is 38.8 Å². The Bertz CT molecular complexity index is 1140. The molecule has 2 saturated heterocycles. The van der Waals surface area contributed by atoms with Crippen LogP contribution in [0.5, 0.6) is 0 Å². The number of piperazine rings is 1. The van der Waals surface area contributed by atoms with Gasteiger partial charge in [-0.1, -0.05) is 19.1 Å². The minimum Gasteiger partial charge on any atom is -0.386 e. The van der Waals surface area contributed by atoms with Crippen molar-refractivity contribution in [1.82, 2.24) is 15.6 Å². The zero-order valence-electron chi connectivity index (χ0n) is 19.7. The molecule has 2 unspecified atom stereocenters. The van der Waals surface area contributed by atoms with Crippen LogP contribution in [-0.2, 0) is 12.8 Å². The van der Waals surface area contributed by atoms with Crippen LogP contribution in [0.3, 0.4) is 0 Å². The van der Waals surface area contributed by atoms with Crippen LogP contribution < -0.4 is 20.9 Å². The molecule has 2 aliphatic heterocycles. The van der Waals surface area contributed by atoms with Gasteiger partial charge in [-0.15, -0.1) is 11.3 Å². The average molecular weight is 464 g/mol. The molecular formula is C26H33N5OS. The SMILES string of the molecule is CCc1nc2sc(C(=O)NCCc3ccc(N4CC5CCC(C4)N5)cc3)c(NC)c2cc1C. The molecule has 2 aliphatic rings. The van der Waals surface area contributed by atoms with E-state index < -0.39 is 0 Å². The van der Waals surface area contributed by atoms with Gasteiger partial charge in [0.15, 0.2) is 0 Å². The van der Waals surface area contributed by atoms with Crippen molar-refractivity contribution in [3.8, 4) is 0 Å². The largest absolute Gasteiger partial charge is 0.386 e. The second-order valence-corrected chi connectivity index (χ2v) is 10.2. The van der Waals surface area contributed by atoms with E-state index in [-0.39, 0.29) is 5.91 Å². The molecule has 4 heterocycles. The van der Waals surface area contributed by atoms with Gasteiger partial charge in [0, 0.05) is 55.5 Å². The molecule has 0 saturated carbocycles. The van der Waals surface area contributed by atoms with Gasteiger partial charge in [0.05, 0.1) is 5.69 Å². The molecule has 7 heteroatoms. The first-order valence-corrected chi connectivity index (χ1v) is 12.9. The maximum Gasteiger partial charge on any atom is 0.263 e. The van der Waals surface area contributed by atoms with Gasteiger partial charge in [-0.05, 0) is 61.9 Å². The van der Waals surface area contributed by atoms with Crippen LogP contribution in [0.4, 0.5) is 11.4 Å². The summed E-state index contributed by atoms with van der Waals surface area (Å²) in [4.78, 5) is 21.9. The van der Waals surface area contributed by atoms with Crippen molar-refractivity contribution in [2.24, 2.45) is 0 Å². The third kappa shape index (κ3) is 4.44. The van der Waals surface area contributed by atoms with Crippen LogP contribution >= 0.6 is 11.3 Å². The highest BCUT2D eigenvalue weighted by Gasteiger charge is 2.32. The zero-order valence-corrected chi connectivity index (χ0v) is 20.5. The Kier molecular flexibility index (Phi) is 6.25. The van der Waals surface area contributed by atoms with E-state index in [1.807, 2.05) is 7.05 Å². The van der Waals surface area contributed by atoms with E-state index in [0.717, 1.165) is 47.5 Å². The van der Waals surface area contributed by atoms with E-state index in [2.05, 4.69) is 65.0 Å². The number of anilines is 2. The summed E-state index contributed by atoms with van der Waals surface area (Å²) in [7, 11) is 1.87. The van der Waals surface area contributed by atoms with Gasteiger partial charge >= 0.3 is 0 Å². The highest BCUT2D eigenvalue weighted by molar-refractivity contribution is 7.21. The monoisotopic (exact) mass is 463 g/mol. The highest BCUT2D eigenvalue weighted by Crippen LogP contribution is 2.35. The fraction of sp³-hybridized carbons (Fsp3) is 0.462. The first kappa shape index (κ1) is 22.2. The molecule has 0 radical (unpaired) electrons. The minimum atomic E-state index is -0.0361. The van der Waals surface area contributed by atoms with Gasteiger partial charge < -0.3 is 20.9 Å². The van der Waals surface area contributed by atoms with E-state index in [9.17, 15) is 4.79 Å². The summed E-state index contributed by atoms with van der Waals surface area (Å²) in [6.07, 6.45) is 4.30. The van der Waals surface area contributed by atoms with E-state index in [1.165, 1.54) is 41.0 Å². The third-order valence-corrected chi connectivity index (χ3v) is 8.08. The molecule has 1 amide bonds. The van der Waals surface area contributed by atoms with Gasteiger partial charge in [0.1, 0.15) is 9.71 Å². The molecule has 33 heavy (non-hydrogen) atoms. The summed E-state index contributed by atoms with van der Waals surface area (Å²) in [5, 5.41) is 11.0. The molecule has 2 fully saturated rings. The molecule has 2 atom stereocenters. The van der Waals surface area contributed by atoms with Crippen molar-refractivity contribution in [2.45, 2.75) is 51.6 Å². The molecule has 2 aromatic heterocycles. The lowest BCUT2D eigenvalue weighted by Gasteiger charge is -2.34. The summed E-state index contributed by atoms with van der Waals surface area (Å²) < 4.78 is 0. The standard InChI is InChI=1S/C26H33N5OS/c1-4-22-16(2)13-21-23(27-3)24(33-26(21)30-22)25(32)28-12-11-17-5-9-20(10-6-17)31-14-18-7-8-19(15-31)29-18/h5-6,9-10,13,18-19,27,29H,4,7-8,11-12,14-15H2,1-3H3,(H,28,32). The lowest BCUT2D eigenvalue weighted by molar-refractivity contribution is 0.0959. The number of fused-ring (bicyclic) bond motifs is 3. The molecule has 6 nitrogen and oxygen atoms in total. The van der Waals surface area contributed by atoms with Crippen molar-refractivity contribution in [1.29, 1.82) is 0 Å². The minimum absolute atomic E-state index is 0.0361. The second-order valence-electron chi connectivity index (χ2n) is 9.23. The number of aryl methyl sites for hydroxylation is 2. The Morgan fingerprint density at radius 1 is 1.21 bits per heavy atom. The number of amides is 1. The predicted molar refractivity (Wildman–Crippen MR) is 138 cm³/mol. The Balaban J connectivity index is 1.21. The number of carbonyl (C=O) groups is 1. The Hall–Kier alpha value is -2.64. The first-order chi connectivity index (χ1) is 16.1. The number of thiophene rings is 1. The number of nitrogens with zero attached hydrogens (tertiary/aromatic N) is 2. The summed E-state index contributed by atoms with van der Waals surface area (Å²) in [6, 6.07) is 12.3. The number of aromatic nitrogens is 1. The summed E-state index contributed by atoms with van der Waals surface area (Å²) in [5.41, 5.74) is 5.69. The molecule has 3 aromatic rings. The first-order valence-electron chi connectivity index (χ1n) is 12.0. The Morgan fingerprint density at radius 3 is 2.61 bits per heavy atom.